The third kappa shape index (κ3) is 10.4. The van der Waals surface area contributed by atoms with E-state index in [1.165, 1.54) is 0 Å². The summed E-state index contributed by atoms with van der Waals surface area (Å²) in [5.74, 6) is 0. The van der Waals surface area contributed by atoms with Gasteiger partial charge in [-0.25, -0.2) is 8.42 Å². The van der Waals surface area contributed by atoms with Gasteiger partial charge in [0.05, 0.1) is 0 Å². The van der Waals surface area contributed by atoms with Crippen LogP contribution in [0.1, 0.15) is 0 Å². The molecule has 0 rings (SSSR count). The van der Waals surface area contributed by atoms with E-state index < -0.39 is 10.4 Å². The topological polar surface area (TPSA) is 98.7 Å². The Labute approximate surface area is 88.5 Å². The van der Waals surface area contributed by atoms with Crippen molar-refractivity contribution in [2.75, 3.05) is 0 Å². The van der Waals surface area contributed by atoms with E-state index in [2.05, 4.69) is 4.28 Å². The second-order valence-corrected chi connectivity index (χ2v) is 1.57. The van der Waals surface area contributed by atoms with Gasteiger partial charge >= 0.3 is 51.4 Å². The molecule has 0 aromatic heterocycles. The predicted molar refractivity (Wildman–Crippen MR) is 15.7 cm³/mol. The van der Waals surface area contributed by atoms with Gasteiger partial charge in [-0.05, 0) is 0 Å². The summed E-state index contributed by atoms with van der Waals surface area (Å²) in [6.45, 7) is 0. The van der Waals surface area contributed by atoms with Gasteiger partial charge in [0.25, 0.3) is 0 Å². The van der Waals surface area contributed by atoms with Gasteiger partial charge in [0, 0.05) is 0 Å². The second kappa shape index (κ2) is 5.23. The van der Waals surface area contributed by atoms with Crippen LogP contribution in [0.5, 0.6) is 0 Å². The van der Waals surface area contributed by atoms with Crippen LogP contribution in [0, 0.1) is 0 Å². The maximum atomic E-state index is 9.23. The minimum Gasteiger partial charge on any atom is -0.724 e. The third-order valence-corrected chi connectivity index (χ3v) is 0.418. The van der Waals surface area contributed by atoms with Gasteiger partial charge < -0.3 is 4.55 Å². The fourth-order valence-corrected chi connectivity index (χ4v) is 0.137. The van der Waals surface area contributed by atoms with Gasteiger partial charge in [-0.15, -0.1) is 0 Å². The average Bonchev–Trinajstić information content (AvgIpc) is 1.30. The number of rotatable bonds is 2. The van der Waals surface area contributed by atoms with Crippen LogP contribution in [0.3, 0.4) is 0 Å². The molecule has 44 valence electrons. The van der Waals surface area contributed by atoms with Gasteiger partial charge in [0.15, 0.2) is 0 Å². The summed E-state index contributed by atoms with van der Waals surface area (Å²) >= 11 is 0. The minimum atomic E-state index is -4.79. The van der Waals surface area contributed by atoms with E-state index >= 15 is 0 Å². The molecule has 0 aliphatic rings. The van der Waals surface area contributed by atoms with Crippen molar-refractivity contribution in [3.05, 3.63) is 0 Å². The smallest absolute Gasteiger partial charge is 0.724 e. The Morgan fingerprint density at radius 2 is 2.00 bits per heavy atom. The van der Waals surface area contributed by atoms with E-state index in [1.807, 2.05) is 0 Å². The van der Waals surface area contributed by atoms with Gasteiger partial charge in [-0.2, -0.15) is 4.28 Å². The molecule has 0 radical (unpaired) electrons. The molecule has 0 aromatic rings. The molecule has 0 spiro atoms. The van der Waals surface area contributed by atoms with E-state index in [9.17, 15) is 13.0 Å². The summed E-state index contributed by atoms with van der Waals surface area (Å²) in [5, 5.41) is 7.35. The Morgan fingerprint density at radius 3 is 2.00 bits per heavy atom. The Balaban J connectivity index is 0. The van der Waals surface area contributed by atoms with Gasteiger partial charge in [0.2, 0.25) is 10.4 Å². The van der Waals surface area contributed by atoms with Crippen LogP contribution in [0.2, 0.25) is 0 Å². The third-order valence-electron chi connectivity index (χ3n) is 0.139. The molecule has 0 atom stereocenters. The van der Waals surface area contributed by atoms with Crippen LogP contribution in [0.25, 0.3) is 0 Å². The molecule has 0 heterocycles. The first-order chi connectivity index (χ1) is 3.06. The molecule has 0 fully saturated rings. The summed E-state index contributed by atoms with van der Waals surface area (Å²) < 4.78 is 30.6. The molecule has 8 heteroatoms. The van der Waals surface area contributed by atoms with Crippen LogP contribution in [-0.4, -0.2) is 18.2 Å². The van der Waals surface area contributed by atoms with Crippen LogP contribution in [0.15, 0.2) is 0 Å². The number of hydrogen-bond donors (Lipinski definition) is 2. The van der Waals surface area contributed by atoms with Crippen LogP contribution >= 0.6 is 0 Å². The van der Waals surface area contributed by atoms with E-state index in [0.717, 1.165) is 0 Å². The zero-order chi connectivity index (χ0) is 5.91. The predicted octanol–water partition coefficient (Wildman–Crippen LogP) is -4.64. The Kier molecular flexibility index (Phi) is 7.93. The fourth-order valence-electron chi connectivity index (χ4n) is 0.0456. The molecular formula is H2KNO5S. The van der Waals surface area contributed by atoms with Crippen molar-refractivity contribution in [3.8, 4) is 0 Å². The van der Waals surface area contributed by atoms with Crippen molar-refractivity contribution in [3.63, 3.8) is 0 Å². The molecule has 0 saturated heterocycles. The van der Waals surface area contributed by atoms with Gasteiger partial charge in [-0.3, -0.25) is 5.21 Å². The molecule has 0 amide bonds. The first-order valence-electron chi connectivity index (χ1n) is 1.09. The van der Waals surface area contributed by atoms with E-state index in [0.29, 0.717) is 5.64 Å². The first-order valence-corrected chi connectivity index (χ1v) is 2.43. The molecular weight excluding hydrogens is 165 g/mol. The molecule has 0 aliphatic heterocycles. The van der Waals surface area contributed by atoms with Crippen molar-refractivity contribution < 1.29 is 73.8 Å². The molecule has 8 heavy (non-hydrogen) atoms. The van der Waals surface area contributed by atoms with Crippen molar-refractivity contribution in [2.45, 2.75) is 0 Å². The van der Waals surface area contributed by atoms with E-state index in [1.54, 1.807) is 0 Å². The van der Waals surface area contributed by atoms with E-state index in [4.69, 9.17) is 5.21 Å². The zero-order valence-corrected chi connectivity index (χ0v) is 7.93. The summed E-state index contributed by atoms with van der Waals surface area (Å²) in [6, 6.07) is 0. The molecule has 2 N–H and O–H groups in total. The normalized spacial score (nSPS) is 10.2. The summed E-state index contributed by atoms with van der Waals surface area (Å²) in [5.41, 5.74) is 0.707. The minimum absolute atomic E-state index is 0. The van der Waals surface area contributed by atoms with E-state index in [-0.39, 0.29) is 51.4 Å². The quantitative estimate of drug-likeness (QED) is 0.186. The number of hydrogen-bond acceptors (Lipinski definition) is 6. The Hall–Kier alpha value is 1.43. The Bertz CT molecular complexity index is 125. The maximum absolute atomic E-state index is 9.23. The van der Waals surface area contributed by atoms with Crippen LogP contribution in [0.4, 0.5) is 0 Å². The molecule has 0 aromatic carbocycles. The van der Waals surface area contributed by atoms with Crippen molar-refractivity contribution >= 4 is 10.4 Å². The Morgan fingerprint density at radius 1 is 1.62 bits per heavy atom. The van der Waals surface area contributed by atoms with Crippen LogP contribution in [-0.2, 0) is 14.7 Å². The largest absolute Gasteiger partial charge is 1.00 e. The van der Waals surface area contributed by atoms with Gasteiger partial charge in [0.1, 0.15) is 0 Å². The van der Waals surface area contributed by atoms with Gasteiger partial charge in [-0.1, -0.05) is 5.64 Å². The summed E-state index contributed by atoms with van der Waals surface area (Å²) in [4.78, 5) is 0. The molecule has 0 unspecified atom stereocenters. The average molecular weight is 167 g/mol. The summed E-state index contributed by atoms with van der Waals surface area (Å²) in [6.07, 6.45) is 0. The number of nitrogens with one attached hydrogen (secondary N) is 1. The molecule has 0 saturated carbocycles. The first kappa shape index (κ1) is 12.1. The van der Waals surface area contributed by atoms with Crippen molar-refractivity contribution in [1.82, 2.24) is 5.64 Å². The zero-order valence-electron chi connectivity index (χ0n) is 3.99. The molecule has 0 aliphatic carbocycles. The maximum Gasteiger partial charge on any atom is 1.00 e. The molecule has 0 bridgehead atoms. The standard InChI is InChI=1S/K.H3NO5S/c;2-1-6-7(3,4)5/h;1-2H,(H,3,4,5)/q+1;/p-1. The monoisotopic (exact) mass is 167 g/mol. The second-order valence-electron chi connectivity index (χ2n) is 0.583. The van der Waals surface area contributed by atoms with Crippen molar-refractivity contribution in [1.29, 1.82) is 0 Å². The van der Waals surface area contributed by atoms with Crippen molar-refractivity contribution in [2.24, 2.45) is 0 Å². The summed E-state index contributed by atoms with van der Waals surface area (Å²) in [7, 11) is -4.79. The SMILES string of the molecule is O=S(=O)([O-])ONO.[K+]. The molecule has 6 nitrogen and oxygen atoms in total. The van der Waals surface area contributed by atoms with Crippen LogP contribution < -0.4 is 57.0 Å². The fraction of sp³-hybridized carbons (Fsp3) is 0.